The lowest BCUT2D eigenvalue weighted by atomic mass is 9.88. The van der Waals surface area contributed by atoms with Crippen LogP contribution >= 0.6 is 0 Å². The molecule has 4 nitrogen and oxygen atoms in total. The van der Waals surface area contributed by atoms with E-state index in [-0.39, 0.29) is 0 Å². The number of aromatic nitrogens is 2. The Bertz CT molecular complexity index is 953. The predicted octanol–water partition coefficient (Wildman–Crippen LogP) is 5.94. The summed E-state index contributed by atoms with van der Waals surface area (Å²) in [4.78, 5) is 14.3. The maximum atomic E-state index is 5.04. The van der Waals surface area contributed by atoms with Crippen molar-refractivity contribution < 1.29 is 0 Å². The summed E-state index contributed by atoms with van der Waals surface area (Å²) >= 11 is 0. The number of hydrogen-bond donors (Lipinski definition) is 0. The quantitative estimate of drug-likeness (QED) is 0.568. The third-order valence-corrected chi connectivity index (χ3v) is 5.42. The summed E-state index contributed by atoms with van der Waals surface area (Å²) in [5, 5.41) is 0. The van der Waals surface area contributed by atoms with Crippen LogP contribution in [0.2, 0.25) is 0 Å². The van der Waals surface area contributed by atoms with Crippen molar-refractivity contribution in [3.63, 3.8) is 0 Å². The summed E-state index contributed by atoms with van der Waals surface area (Å²) < 4.78 is 0. The fourth-order valence-electron chi connectivity index (χ4n) is 3.95. The van der Waals surface area contributed by atoms with E-state index in [1.807, 2.05) is 12.3 Å². The number of anilines is 3. The van der Waals surface area contributed by atoms with Crippen molar-refractivity contribution in [1.29, 1.82) is 0 Å². The molecule has 0 fully saturated rings. The Morgan fingerprint density at radius 2 is 1.50 bits per heavy atom. The number of rotatable bonds is 4. The molecular weight excluding hydrogens is 344 g/mol. The average molecular weight is 373 g/mol. The van der Waals surface area contributed by atoms with Crippen LogP contribution in [0.3, 0.4) is 0 Å². The first-order valence-corrected chi connectivity index (χ1v) is 10.0. The fraction of sp³-hybridized carbons (Fsp3) is 0.333. The second-order valence-corrected chi connectivity index (χ2v) is 8.13. The molecule has 0 atom stereocenters. The van der Waals surface area contributed by atoms with E-state index in [9.17, 15) is 0 Å². The third-order valence-electron chi connectivity index (χ3n) is 5.42. The zero-order valence-corrected chi connectivity index (χ0v) is 17.3. The van der Waals surface area contributed by atoms with E-state index in [4.69, 9.17) is 9.97 Å². The van der Waals surface area contributed by atoms with Gasteiger partial charge < -0.3 is 9.80 Å². The average Bonchev–Trinajstić information content (AvgIpc) is 3.04. The van der Waals surface area contributed by atoms with Gasteiger partial charge in [0.2, 0.25) is 0 Å². The number of para-hydroxylation sites is 1. The minimum absolute atomic E-state index is 0.420. The summed E-state index contributed by atoms with van der Waals surface area (Å²) in [6, 6.07) is 17.0. The SMILES string of the molecule is CC(C)c1cccc(C(C)C)c1-c1ncc2c(n1)N(C)CN2c1ccccc1. The number of fused-ring (bicyclic) bond motifs is 1. The van der Waals surface area contributed by atoms with Crippen LogP contribution in [0.15, 0.2) is 54.7 Å². The molecule has 28 heavy (non-hydrogen) atoms. The highest BCUT2D eigenvalue weighted by Gasteiger charge is 2.28. The highest BCUT2D eigenvalue weighted by molar-refractivity contribution is 5.81. The van der Waals surface area contributed by atoms with Crippen molar-refractivity contribution >= 4 is 17.2 Å². The van der Waals surface area contributed by atoms with Crippen molar-refractivity contribution in [2.75, 3.05) is 23.5 Å². The maximum Gasteiger partial charge on any atom is 0.162 e. The number of nitrogens with zero attached hydrogens (tertiary/aromatic N) is 4. The van der Waals surface area contributed by atoms with Crippen LogP contribution in [0.1, 0.15) is 50.7 Å². The molecule has 2 aromatic carbocycles. The van der Waals surface area contributed by atoms with Gasteiger partial charge in [0.25, 0.3) is 0 Å². The lowest BCUT2D eigenvalue weighted by Gasteiger charge is -2.19. The molecule has 2 heterocycles. The molecule has 1 aliphatic rings. The summed E-state index contributed by atoms with van der Waals surface area (Å²) in [6.45, 7) is 9.72. The molecule has 0 aliphatic carbocycles. The van der Waals surface area contributed by atoms with E-state index in [0.29, 0.717) is 11.8 Å². The molecule has 0 bridgehead atoms. The van der Waals surface area contributed by atoms with Gasteiger partial charge >= 0.3 is 0 Å². The molecule has 3 aromatic rings. The van der Waals surface area contributed by atoms with Crippen LogP contribution in [0.5, 0.6) is 0 Å². The Morgan fingerprint density at radius 1 is 0.857 bits per heavy atom. The van der Waals surface area contributed by atoms with Gasteiger partial charge in [-0.25, -0.2) is 9.97 Å². The fourth-order valence-corrected chi connectivity index (χ4v) is 3.95. The molecule has 144 valence electrons. The Kier molecular flexibility index (Phi) is 4.80. The highest BCUT2D eigenvalue weighted by Crippen LogP contribution is 2.41. The molecule has 1 aromatic heterocycles. The third kappa shape index (κ3) is 3.13. The van der Waals surface area contributed by atoms with E-state index in [0.717, 1.165) is 29.7 Å². The van der Waals surface area contributed by atoms with Gasteiger partial charge in [0, 0.05) is 18.3 Å². The lowest BCUT2D eigenvalue weighted by Crippen LogP contribution is -2.24. The molecular formula is C24H28N4. The van der Waals surface area contributed by atoms with Gasteiger partial charge in [-0.2, -0.15) is 0 Å². The van der Waals surface area contributed by atoms with E-state index in [2.05, 4.69) is 87.0 Å². The monoisotopic (exact) mass is 372 g/mol. The Hall–Kier alpha value is -2.88. The van der Waals surface area contributed by atoms with E-state index in [1.54, 1.807) is 0 Å². The minimum Gasteiger partial charge on any atom is -0.340 e. The standard InChI is InChI=1S/C24H28N4/c1-16(2)19-12-9-13-20(17(3)4)22(19)23-25-14-21-24(26-23)27(5)15-28(21)18-10-7-6-8-11-18/h6-14,16-17H,15H2,1-5H3. The predicted molar refractivity (Wildman–Crippen MR) is 117 cm³/mol. The molecule has 1 aliphatic heterocycles. The largest absolute Gasteiger partial charge is 0.340 e. The first-order chi connectivity index (χ1) is 13.5. The lowest BCUT2D eigenvalue weighted by molar-refractivity contribution is 0.833. The Labute approximate surface area is 167 Å². The normalized spacial score (nSPS) is 13.5. The van der Waals surface area contributed by atoms with Gasteiger partial charge in [-0.3, -0.25) is 0 Å². The molecule has 0 radical (unpaired) electrons. The molecule has 0 unspecified atom stereocenters. The van der Waals surface area contributed by atoms with Crippen LogP contribution in [0, 0.1) is 0 Å². The van der Waals surface area contributed by atoms with Gasteiger partial charge in [0.05, 0.1) is 12.9 Å². The smallest absolute Gasteiger partial charge is 0.162 e. The maximum absolute atomic E-state index is 5.04. The van der Waals surface area contributed by atoms with Gasteiger partial charge in [-0.15, -0.1) is 0 Å². The summed E-state index contributed by atoms with van der Waals surface area (Å²) in [6.07, 6.45) is 1.98. The summed E-state index contributed by atoms with van der Waals surface area (Å²) in [5.74, 6) is 2.66. The van der Waals surface area contributed by atoms with E-state index in [1.165, 1.54) is 16.7 Å². The molecule has 4 heteroatoms. The van der Waals surface area contributed by atoms with Crippen LogP contribution in [-0.4, -0.2) is 23.7 Å². The molecule has 0 saturated heterocycles. The molecule has 0 amide bonds. The zero-order chi connectivity index (χ0) is 19.8. The van der Waals surface area contributed by atoms with Crippen molar-refractivity contribution in [3.8, 4) is 11.4 Å². The number of hydrogen-bond acceptors (Lipinski definition) is 4. The van der Waals surface area contributed by atoms with Gasteiger partial charge in [0.15, 0.2) is 11.6 Å². The molecule has 0 saturated carbocycles. The van der Waals surface area contributed by atoms with Crippen LogP contribution in [0.4, 0.5) is 17.2 Å². The highest BCUT2D eigenvalue weighted by atomic mass is 15.4. The van der Waals surface area contributed by atoms with Crippen molar-refractivity contribution in [1.82, 2.24) is 9.97 Å². The van der Waals surface area contributed by atoms with E-state index < -0.39 is 0 Å². The topological polar surface area (TPSA) is 32.3 Å². The van der Waals surface area contributed by atoms with Gasteiger partial charge in [-0.05, 0) is 35.1 Å². The van der Waals surface area contributed by atoms with Crippen LogP contribution in [-0.2, 0) is 0 Å². The molecule has 0 N–H and O–H groups in total. The first kappa shape index (κ1) is 18.5. The van der Waals surface area contributed by atoms with Crippen molar-refractivity contribution in [2.24, 2.45) is 0 Å². The Balaban J connectivity index is 1.84. The van der Waals surface area contributed by atoms with Crippen molar-refractivity contribution in [3.05, 3.63) is 65.9 Å². The summed E-state index contributed by atoms with van der Waals surface area (Å²) in [7, 11) is 2.09. The first-order valence-electron chi connectivity index (χ1n) is 10.0. The van der Waals surface area contributed by atoms with Gasteiger partial charge in [-0.1, -0.05) is 64.1 Å². The van der Waals surface area contributed by atoms with E-state index >= 15 is 0 Å². The van der Waals surface area contributed by atoms with Crippen LogP contribution < -0.4 is 9.80 Å². The molecule has 4 rings (SSSR count). The summed E-state index contributed by atoms with van der Waals surface area (Å²) in [5.41, 5.74) is 6.04. The number of benzene rings is 2. The molecule has 0 spiro atoms. The Morgan fingerprint density at radius 3 is 2.11 bits per heavy atom. The van der Waals surface area contributed by atoms with Crippen LogP contribution in [0.25, 0.3) is 11.4 Å². The second-order valence-electron chi connectivity index (χ2n) is 8.13. The van der Waals surface area contributed by atoms with Gasteiger partial charge in [0.1, 0.15) is 5.69 Å². The van der Waals surface area contributed by atoms with Crippen molar-refractivity contribution in [2.45, 2.75) is 39.5 Å². The second kappa shape index (κ2) is 7.27. The minimum atomic E-state index is 0.420. The zero-order valence-electron chi connectivity index (χ0n) is 17.3.